The summed E-state index contributed by atoms with van der Waals surface area (Å²) in [6, 6.07) is 21.6. The van der Waals surface area contributed by atoms with Crippen LogP contribution in [0.5, 0.6) is 0 Å². The molecule has 0 fully saturated rings. The molecule has 0 aromatic heterocycles. The van der Waals surface area contributed by atoms with E-state index in [4.69, 9.17) is 15.9 Å². The summed E-state index contributed by atoms with van der Waals surface area (Å²) in [5.41, 5.74) is 6.16. The fourth-order valence-electron chi connectivity index (χ4n) is 3.36. The third kappa shape index (κ3) is 6.33. The molecule has 3 rings (SSSR count). The second kappa shape index (κ2) is 11.1. The van der Waals surface area contributed by atoms with Crippen LogP contribution in [0.2, 0.25) is 0 Å². The van der Waals surface area contributed by atoms with Crippen molar-refractivity contribution in [1.82, 2.24) is 10.0 Å². The Bertz CT molecular complexity index is 1340. The first-order valence-electron chi connectivity index (χ1n) is 10.7. The zero-order chi connectivity index (χ0) is 26.3. The fraction of sp³-hybridized carbons (Fsp3) is 0.160. The van der Waals surface area contributed by atoms with Gasteiger partial charge in [-0.15, -0.1) is 0 Å². The van der Waals surface area contributed by atoms with E-state index in [1.165, 1.54) is 24.3 Å². The van der Waals surface area contributed by atoms with Gasteiger partial charge in [0.15, 0.2) is 0 Å². The molecule has 0 radical (unpaired) electrons. The molecule has 0 saturated carbocycles. The minimum atomic E-state index is -4.25. The average Bonchev–Trinajstić information content (AvgIpc) is 2.87. The number of ether oxygens (including phenoxy) is 1. The van der Waals surface area contributed by atoms with Gasteiger partial charge in [-0.25, -0.2) is 13.2 Å². The zero-order valence-electron chi connectivity index (χ0n) is 19.4. The van der Waals surface area contributed by atoms with Crippen molar-refractivity contribution in [2.45, 2.75) is 17.0 Å². The number of carbonyl (C=O) groups excluding carboxylic acids is 1. The van der Waals surface area contributed by atoms with E-state index in [1.807, 2.05) is 29.0 Å². The number of benzene rings is 3. The lowest BCUT2D eigenvalue weighted by Crippen LogP contribution is -2.62. The second-order valence-electron chi connectivity index (χ2n) is 7.90. The van der Waals surface area contributed by atoms with Crippen molar-refractivity contribution in [2.75, 3.05) is 13.7 Å². The van der Waals surface area contributed by atoms with Gasteiger partial charge >= 0.3 is 5.97 Å². The van der Waals surface area contributed by atoms with E-state index < -0.39 is 34.2 Å². The number of methoxy groups -OCH3 is 1. The number of nitrogens with two attached hydrogens (primary N) is 1. The van der Waals surface area contributed by atoms with Gasteiger partial charge < -0.3 is 20.9 Å². The lowest BCUT2D eigenvalue weighted by atomic mass is 10.0. The molecule has 0 spiro atoms. The van der Waals surface area contributed by atoms with Crippen molar-refractivity contribution in [3.63, 3.8) is 0 Å². The highest BCUT2D eigenvalue weighted by atomic mass is 32.2. The summed E-state index contributed by atoms with van der Waals surface area (Å²) in [6.45, 7) is -0.635. The van der Waals surface area contributed by atoms with Crippen LogP contribution in [-0.2, 0) is 30.8 Å². The van der Waals surface area contributed by atoms with Crippen molar-refractivity contribution in [1.29, 1.82) is 5.41 Å². The van der Waals surface area contributed by atoms with Crippen molar-refractivity contribution >= 4 is 27.7 Å². The molecule has 0 heterocycles. The van der Waals surface area contributed by atoms with Crippen molar-refractivity contribution in [3.05, 3.63) is 90.0 Å². The number of carboxylic acid groups (broad SMARTS) is 1. The van der Waals surface area contributed by atoms with E-state index in [0.29, 0.717) is 11.1 Å². The average molecular weight is 511 g/mol. The summed E-state index contributed by atoms with van der Waals surface area (Å²) in [5.74, 6) is -2.14. The predicted molar refractivity (Wildman–Crippen MR) is 134 cm³/mol. The number of aliphatic carboxylic acids is 1. The molecule has 10 nitrogen and oxygen atoms in total. The molecule has 0 aliphatic carbocycles. The molecule has 6 N–H and O–H groups in total. The van der Waals surface area contributed by atoms with Crippen molar-refractivity contribution < 1.29 is 27.9 Å². The van der Waals surface area contributed by atoms with E-state index >= 15 is 0 Å². The highest BCUT2D eigenvalue weighted by Gasteiger charge is 2.43. The molecular weight excluding hydrogens is 484 g/mol. The number of carbonyl (C=O) groups is 2. The summed E-state index contributed by atoms with van der Waals surface area (Å²) in [6.07, 6.45) is -0.0611. The minimum absolute atomic E-state index is 0.0174. The number of carboxylic acids is 1. The van der Waals surface area contributed by atoms with Gasteiger partial charge in [0.05, 0.1) is 17.9 Å². The van der Waals surface area contributed by atoms with Crippen LogP contribution in [0.3, 0.4) is 0 Å². The van der Waals surface area contributed by atoms with Gasteiger partial charge in [0.25, 0.3) is 0 Å². The number of sulfonamides is 1. The van der Waals surface area contributed by atoms with Gasteiger partial charge in [-0.2, -0.15) is 4.72 Å². The number of amidine groups is 1. The van der Waals surface area contributed by atoms with Crippen LogP contribution in [0, 0.1) is 5.41 Å². The Balaban J connectivity index is 1.66. The molecular formula is C25H26N4O6S. The lowest BCUT2D eigenvalue weighted by Gasteiger charge is -2.28. The Morgan fingerprint density at radius 1 is 0.972 bits per heavy atom. The van der Waals surface area contributed by atoms with E-state index in [0.717, 1.165) is 18.2 Å². The molecule has 188 valence electrons. The number of hydrogen-bond acceptors (Lipinski definition) is 6. The van der Waals surface area contributed by atoms with Crippen LogP contribution in [0.25, 0.3) is 11.1 Å². The quantitative estimate of drug-likeness (QED) is 0.148. The van der Waals surface area contributed by atoms with Crippen LogP contribution in [0.15, 0.2) is 83.8 Å². The van der Waals surface area contributed by atoms with E-state index in [2.05, 4.69) is 5.32 Å². The molecule has 3 aromatic carbocycles. The summed E-state index contributed by atoms with van der Waals surface area (Å²) in [4.78, 5) is 24.3. The number of amides is 1. The maximum atomic E-state index is 12.7. The molecule has 3 aromatic rings. The summed E-state index contributed by atoms with van der Waals surface area (Å²) in [7, 11) is -3.21. The number of rotatable bonds is 11. The zero-order valence-corrected chi connectivity index (χ0v) is 20.2. The Kier molecular flexibility index (Phi) is 8.20. The third-order valence-corrected chi connectivity index (χ3v) is 6.92. The highest BCUT2D eigenvalue weighted by Crippen LogP contribution is 2.21. The Hall–Kier alpha value is -4.06. The van der Waals surface area contributed by atoms with Gasteiger partial charge in [-0.3, -0.25) is 10.2 Å². The molecule has 0 saturated heterocycles. The Morgan fingerprint density at radius 2 is 1.53 bits per heavy atom. The van der Waals surface area contributed by atoms with Gasteiger partial charge in [0.1, 0.15) is 5.84 Å². The van der Waals surface area contributed by atoms with Crippen molar-refractivity contribution in [3.8, 4) is 11.1 Å². The first-order chi connectivity index (χ1) is 17.1. The lowest BCUT2D eigenvalue weighted by molar-refractivity contribution is -0.163. The maximum absolute atomic E-state index is 12.7. The second-order valence-corrected chi connectivity index (χ2v) is 9.58. The monoisotopic (exact) mass is 510 g/mol. The largest absolute Gasteiger partial charge is 0.478 e. The molecule has 1 atom stereocenters. The van der Waals surface area contributed by atoms with Crippen LogP contribution >= 0.6 is 0 Å². The third-order valence-electron chi connectivity index (χ3n) is 5.43. The molecule has 1 amide bonds. The van der Waals surface area contributed by atoms with Crippen LogP contribution in [0.4, 0.5) is 0 Å². The summed E-state index contributed by atoms with van der Waals surface area (Å²) >= 11 is 0. The van der Waals surface area contributed by atoms with Gasteiger partial charge in [-0.1, -0.05) is 66.7 Å². The normalized spacial score (nSPS) is 12.9. The summed E-state index contributed by atoms with van der Waals surface area (Å²) in [5, 5.41) is 19.6. The minimum Gasteiger partial charge on any atom is -0.478 e. The van der Waals surface area contributed by atoms with Gasteiger partial charge in [0.2, 0.25) is 21.7 Å². The van der Waals surface area contributed by atoms with Gasteiger partial charge in [0, 0.05) is 12.7 Å². The molecule has 11 heteroatoms. The topological polar surface area (TPSA) is 172 Å². The van der Waals surface area contributed by atoms with E-state index in [1.54, 1.807) is 30.3 Å². The Labute approximate surface area is 208 Å². The SMILES string of the molecule is CO[C@](CNC(=O)Cc1ccc(-c2ccc(C(=N)N)cc2)cc1)(NS(=O)(=O)c1ccccc1)C(=O)O. The van der Waals surface area contributed by atoms with Crippen molar-refractivity contribution in [2.24, 2.45) is 5.73 Å². The number of hydrogen-bond donors (Lipinski definition) is 5. The Morgan fingerprint density at radius 3 is 2.03 bits per heavy atom. The standard InChI is InChI=1S/C25H26N4O6S/c1-35-25(24(31)32,29-36(33,34)21-5-3-2-4-6-21)16-28-22(30)15-17-7-9-18(10-8-17)19-11-13-20(14-12-19)23(26)27/h2-14,29H,15-16H2,1H3,(H3,26,27)(H,28,30)(H,31,32)/t25-/m0/s1. The first kappa shape index (κ1) is 26.5. The number of nitrogen functional groups attached to an aromatic ring is 1. The smallest absolute Gasteiger partial charge is 0.354 e. The fourth-order valence-corrected chi connectivity index (χ4v) is 4.67. The molecule has 36 heavy (non-hydrogen) atoms. The maximum Gasteiger partial charge on any atom is 0.354 e. The van der Waals surface area contributed by atoms with Crippen LogP contribution in [-0.4, -0.2) is 50.6 Å². The van der Waals surface area contributed by atoms with Crippen LogP contribution in [0.1, 0.15) is 11.1 Å². The van der Waals surface area contributed by atoms with E-state index in [9.17, 15) is 23.1 Å². The summed E-state index contributed by atoms with van der Waals surface area (Å²) < 4.78 is 32.4. The molecule has 0 aliphatic rings. The van der Waals surface area contributed by atoms with Gasteiger partial charge in [-0.05, 0) is 28.8 Å². The van der Waals surface area contributed by atoms with Crippen LogP contribution < -0.4 is 15.8 Å². The number of nitrogens with one attached hydrogen (secondary N) is 3. The van der Waals surface area contributed by atoms with E-state index in [-0.39, 0.29) is 17.2 Å². The molecule has 0 aliphatic heterocycles. The highest BCUT2D eigenvalue weighted by molar-refractivity contribution is 7.89. The molecule has 0 bridgehead atoms. The predicted octanol–water partition coefficient (Wildman–Crippen LogP) is 1.70. The molecule has 0 unspecified atom stereocenters. The first-order valence-corrected chi connectivity index (χ1v) is 12.2.